The zero-order chi connectivity index (χ0) is 11.1. The van der Waals surface area contributed by atoms with E-state index in [4.69, 9.17) is 10.8 Å². The molecular weight excluding hydrogens is 196 g/mol. The van der Waals surface area contributed by atoms with Crippen LogP contribution >= 0.6 is 0 Å². The molecule has 0 aromatic carbocycles. The van der Waals surface area contributed by atoms with Crippen LogP contribution in [-0.4, -0.2) is 28.6 Å². The monoisotopic (exact) mass is 212 g/mol. The fraction of sp³-hybridized carbons (Fsp3) is 0.800. The number of nitrogens with one attached hydrogen (secondary N) is 1. The van der Waals surface area contributed by atoms with E-state index in [9.17, 15) is 9.59 Å². The second-order valence-electron chi connectivity index (χ2n) is 4.62. The van der Waals surface area contributed by atoms with Crippen LogP contribution in [0.5, 0.6) is 0 Å². The first-order valence-electron chi connectivity index (χ1n) is 5.33. The molecule has 1 saturated carbocycles. The summed E-state index contributed by atoms with van der Waals surface area (Å²) < 4.78 is 0. The number of piperidine rings is 1. The molecule has 2 aliphatic rings. The Hall–Kier alpha value is -1.10. The van der Waals surface area contributed by atoms with Crippen molar-refractivity contribution in [1.82, 2.24) is 5.32 Å². The third-order valence-corrected chi connectivity index (χ3v) is 3.52. The lowest BCUT2D eigenvalue weighted by atomic mass is 9.89. The van der Waals surface area contributed by atoms with Gasteiger partial charge in [-0.15, -0.1) is 0 Å². The number of rotatable bonds is 3. The SMILES string of the molecule is N[C@H]1CC12CCC(CCC(=O)O)C(=O)N2. The Balaban J connectivity index is 1.85. The van der Waals surface area contributed by atoms with Gasteiger partial charge in [-0.25, -0.2) is 0 Å². The van der Waals surface area contributed by atoms with Gasteiger partial charge in [0.2, 0.25) is 5.91 Å². The van der Waals surface area contributed by atoms with Crippen LogP contribution in [0.2, 0.25) is 0 Å². The second-order valence-corrected chi connectivity index (χ2v) is 4.62. The Morgan fingerprint density at radius 2 is 2.33 bits per heavy atom. The van der Waals surface area contributed by atoms with Crippen LogP contribution in [0.1, 0.15) is 32.1 Å². The normalized spacial score (nSPS) is 38.9. The van der Waals surface area contributed by atoms with Crippen molar-refractivity contribution in [3.05, 3.63) is 0 Å². The van der Waals surface area contributed by atoms with Gasteiger partial charge in [-0.05, 0) is 25.7 Å². The lowest BCUT2D eigenvalue weighted by molar-refractivity contribution is -0.137. The first kappa shape index (κ1) is 10.4. The Morgan fingerprint density at radius 1 is 1.67 bits per heavy atom. The highest BCUT2D eigenvalue weighted by Crippen LogP contribution is 2.42. The predicted octanol–water partition coefficient (Wildman–Crippen LogP) is -0.153. The molecule has 1 amide bonds. The lowest BCUT2D eigenvalue weighted by Crippen LogP contribution is -2.49. The molecule has 1 spiro atoms. The number of hydrogen-bond donors (Lipinski definition) is 3. The van der Waals surface area contributed by atoms with Crippen molar-refractivity contribution in [2.45, 2.75) is 43.7 Å². The summed E-state index contributed by atoms with van der Waals surface area (Å²) in [4.78, 5) is 22.0. The molecule has 1 aliphatic heterocycles. The molecule has 3 atom stereocenters. The summed E-state index contributed by atoms with van der Waals surface area (Å²) in [6, 6.07) is 0.0990. The number of carboxylic acids is 1. The van der Waals surface area contributed by atoms with Gasteiger partial charge in [0.1, 0.15) is 0 Å². The molecule has 15 heavy (non-hydrogen) atoms. The molecule has 0 radical (unpaired) electrons. The molecule has 1 aliphatic carbocycles. The molecule has 5 heteroatoms. The molecule has 1 saturated heterocycles. The zero-order valence-electron chi connectivity index (χ0n) is 8.53. The topological polar surface area (TPSA) is 92.4 Å². The molecule has 0 bridgehead atoms. The Kier molecular flexibility index (Phi) is 2.42. The van der Waals surface area contributed by atoms with Crippen molar-refractivity contribution in [3.63, 3.8) is 0 Å². The summed E-state index contributed by atoms with van der Waals surface area (Å²) in [6.45, 7) is 0. The Bertz CT molecular complexity index is 305. The van der Waals surface area contributed by atoms with Crippen LogP contribution in [0.3, 0.4) is 0 Å². The minimum absolute atomic E-state index is 0.0181. The highest BCUT2D eigenvalue weighted by atomic mass is 16.4. The van der Waals surface area contributed by atoms with Crippen molar-refractivity contribution in [3.8, 4) is 0 Å². The summed E-state index contributed by atoms with van der Waals surface area (Å²) in [5, 5.41) is 11.5. The van der Waals surface area contributed by atoms with Gasteiger partial charge in [-0.3, -0.25) is 9.59 Å². The van der Waals surface area contributed by atoms with Crippen LogP contribution in [0.4, 0.5) is 0 Å². The summed E-state index contributed by atoms with van der Waals surface area (Å²) >= 11 is 0. The lowest BCUT2D eigenvalue weighted by Gasteiger charge is -2.29. The average Bonchev–Trinajstić information content (AvgIpc) is 2.74. The van der Waals surface area contributed by atoms with Crippen molar-refractivity contribution >= 4 is 11.9 Å². The van der Waals surface area contributed by atoms with Gasteiger partial charge in [0.15, 0.2) is 0 Å². The van der Waals surface area contributed by atoms with Gasteiger partial charge in [0, 0.05) is 18.4 Å². The number of amides is 1. The van der Waals surface area contributed by atoms with E-state index in [0.717, 1.165) is 19.3 Å². The minimum Gasteiger partial charge on any atom is -0.481 e. The highest BCUT2D eigenvalue weighted by molar-refractivity contribution is 5.81. The van der Waals surface area contributed by atoms with E-state index in [0.29, 0.717) is 6.42 Å². The summed E-state index contributed by atoms with van der Waals surface area (Å²) in [6.07, 6.45) is 3.03. The van der Waals surface area contributed by atoms with E-state index < -0.39 is 5.97 Å². The smallest absolute Gasteiger partial charge is 0.303 e. The zero-order valence-corrected chi connectivity index (χ0v) is 8.53. The number of aliphatic carboxylic acids is 1. The van der Waals surface area contributed by atoms with E-state index >= 15 is 0 Å². The van der Waals surface area contributed by atoms with Gasteiger partial charge >= 0.3 is 5.97 Å². The molecule has 2 rings (SSSR count). The van der Waals surface area contributed by atoms with Crippen molar-refractivity contribution < 1.29 is 14.7 Å². The number of carboxylic acid groups (broad SMARTS) is 1. The predicted molar refractivity (Wildman–Crippen MR) is 53.1 cm³/mol. The number of nitrogens with two attached hydrogens (primary N) is 1. The number of carbonyl (C=O) groups excluding carboxylic acids is 1. The molecular formula is C10H16N2O3. The van der Waals surface area contributed by atoms with Gasteiger partial charge in [0.25, 0.3) is 0 Å². The number of hydrogen-bond acceptors (Lipinski definition) is 3. The first-order chi connectivity index (χ1) is 7.03. The number of carbonyl (C=O) groups is 2. The maximum Gasteiger partial charge on any atom is 0.303 e. The van der Waals surface area contributed by atoms with E-state index in [-0.39, 0.29) is 29.8 Å². The molecule has 0 aromatic heterocycles. The van der Waals surface area contributed by atoms with E-state index in [1.54, 1.807) is 0 Å². The van der Waals surface area contributed by atoms with Crippen molar-refractivity contribution in [2.24, 2.45) is 11.7 Å². The van der Waals surface area contributed by atoms with Crippen LogP contribution in [-0.2, 0) is 9.59 Å². The summed E-state index contributed by atoms with van der Waals surface area (Å²) in [5.41, 5.74) is 5.61. The van der Waals surface area contributed by atoms with E-state index in [2.05, 4.69) is 5.32 Å². The fourth-order valence-electron chi connectivity index (χ4n) is 2.31. The summed E-state index contributed by atoms with van der Waals surface area (Å²) in [5.74, 6) is -0.999. The Labute approximate surface area is 88.0 Å². The van der Waals surface area contributed by atoms with E-state index in [1.807, 2.05) is 0 Å². The molecule has 84 valence electrons. The first-order valence-corrected chi connectivity index (χ1v) is 5.33. The van der Waals surface area contributed by atoms with Gasteiger partial charge in [-0.2, -0.15) is 0 Å². The largest absolute Gasteiger partial charge is 0.481 e. The highest BCUT2D eigenvalue weighted by Gasteiger charge is 2.55. The molecule has 0 aromatic rings. The van der Waals surface area contributed by atoms with Gasteiger partial charge < -0.3 is 16.2 Å². The third kappa shape index (κ3) is 1.97. The minimum atomic E-state index is -0.841. The van der Waals surface area contributed by atoms with E-state index in [1.165, 1.54) is 0 Å². The average molecular weight is 212 g/mol. The third-order valence-electron chi connectivity index (χ3n) is 3.52. The van der Waals surface area contributed by atoms with Crippen molar-refractivity contribution in [1.29, 1.82) is 0 Å². The molecule has 5 nitrogen and oxygen atoms in total. The van der Waals surface area contributed by atoms with Gasteiger partial charge in [-0.1, -0.05) is 0 Å². The molecule has 2 unspecified atom stereocenters. The van der Waals surface area contributed by atoms with Crippen molar-refractivity contribution in [2.75, 3.05) is 0 Å². The van der Waals surface area contributed by atoms with Crippen LogP contribution < -0.4 is 11.1 Å². The summed E-state index contributed by atoms with van der Waals surface area (Å²) in [7, 11) is 0. The second kappa shape index (κ2) is 3.48. The van der Waals surface area contributed by atoms with Crippen LogP contribution in [0, 0.1) is 5.92 Å². The van der Waals surface area contributed by atoms with Gasteiger partial charge in [0.05, 0.1) is 5.54 Å². The standard InChI is InChI=1S/C10H16N2O3/c11-7-5-10(7)4-3-6(9(15)12-10)1-2-8(13)14/h6-7H,1-5,11H2,(H,12,15)(H,13,14)/t6?,7-,10?/m0/s1. The maximum atomic E-state index is 11.6. The van der Waals surface area contributed by atoms with Crippen LogP contribution in [0.15, 0.2) is 0 Å². The molecule has 4 N–H and O–H groups in total. The quantitative estimate of drug-likeness (QED) is 0.606. The molecule has 1 heterocycles. The fourth-order valence-corrected chi connectivity index (χ4v) is 2.31. The molecule has 2 fully saturated rings. The van der Waals surface area contributed by atoms with Crippen LogP contribution in [0.25, 0.3) is 0 Å². The Morgan fingerprint density at radius 3 is 2.80 bits per heavy atom. The maximum absolute atomic E-state index is 11.6.